The van der Waals surface area contributed by atoms with Crippen LogP contribution in [0.15, 0.2) is 48.5 Å². The molecule has 1 unspecified atom stereocenters. The summed E-state index contributed by atoms with van der Waals surface area (Å²) in [6.45, 7) is 1.55. The third-order valence-corrected chi connectivity index (χ3v) is 5.08. The third-order valence-electron chi connectivity index (χ3n) is 5.08. The van der Waals surface area contributed by atoms with Gasteiger partial charge >= 0.3 is 6.03 Å². The zero-order chi connectivity index (χ0) is 21.7. The van der Waals surface area contributed by atoms with Gasteiger partial charge in [-0.25, -0.2) is 4.79 Å². The number of amides is 4. The molecule has 1 saturated heterocycles. The summed E-state index contributed by atoms with van der Waals surface area (Å²) in [6.07, 6.45) is 0.203. The number of hydrogen-bond donors (Lipinski definition) is 3. The van der Waals surface area contributed by atoms with E-state index in [1.165, 1.54) is 19.2 Å². The van der Waals surface area contributed by atoms with Crippen molar-refractivity contribution < 1.29 is 24.2 Å². The van der Waals surface area contributed by atoms with Crippen molar-refractivity contribution in [3.05, 3.63) is 59.7 Å². The second-order valence-electron chi connectivity index (χ2n) is 7.21. The highest BCUT2D eigenvalue weighted by Gasteiger charge is 2.34. The number of phenols is 1. The van der Waals surface area contributed by atoms with Crippen LogP contribution in [0.25, 0.3) is 0 Å². The molecule has 2 atom stereocenters. The number of nitrogens with zero attached hydrogens (tertiary/aromatic N) is 1. The zero-order valence-corrected chi connectivity index (χ0v) is 16.9. The molecule has 0 aliphatic carbocycles. The van der Waals surface area contributed by atoms with Crippen LogP contribution in [0.4, 0.5) is 4.79 Å². The summed E-state index contributed by atoms with van der Waals surface area (Å²) in [7, 11) is 1.50. The quantitative estimate of drug-likeness (QED) is 0.697. The Balaban J connectivity index is 1.78. The lowest BCUT2D eigenvalue weighted by molar-refractivity contribution is -0.133. The molecule has 8 heteroatoms. The average Bonchev–Trinajstić information content (AvgIpc) is 2.88. The van der Waals surface area contributed by atoms with E-state index in [1.807, 2.05) is 37.3 Å². The number of carbonyl (C=O) groups is 3. The standard InChI is InChI=1S/C22H25N3O5/c1-14(15-6-4-3-5-7-15)24-22(29)25-13-20(27)23-12-17(21(25)28)10-16-11-18(26)8-9-19(16)30-2/h3-9,11,14,17,26H,10,12-13H2,1-2H3,(H,23,27)(H,24,29)/t14-,17?/m0/s1. The molecule has 2 aromatic carbocycles. The molecule has 0 spiro atoms. The maximum Gasteiger partial charge on any atom is 0.325 e. The fourth-order valence-electron chi connectivity index (χ4n) is 3.43. The maximum absolute atomic E-state index is 13.1. The predicted octanol–water partition coefficient (Wildman–Crippen LogP) is 1.99. The number of urea groups is 1. The van der Waals surface area contributed by atoms with Crippen molar-refractivity contribution in [1.82, 2.24) is 15.5 Å². The molecule has 0 radical (unpaired) electrons. The molecule has 1 aliphatic rings. The number of nitrogens with one attached hydrogen (secondary N) is 2. The summed E-state index contributed by atoms with van der Waals surface area (Å²) in [5.74, 6) is -0.982. The van der Waals surface area contributed by atoms with Gasteiger partial charge in [0.1, 0.15) is 18.0 Å². The molecule has 1 heterocycles. The topological polar surface area (TPSA) is 108 Å². The monoisotopic (exact) mass is 411 g/mol. The van der Waals surface area contributed by atoms with Gasteiger partial charge in [0.25, 0.3) is 0 Å². The van der Waals surface area contributed by atoms with E-state index in [2.05, 4.69) is 10.6 Å². The van der Waals surface area contributed by atoms with Gasteiger partial charge in [-0.1, -0.05) is 30.3 Å². The zero-order valence-electron chi connectivity index (χ0n) is 16.9. The van der Waals surface area contributed by atoms with E-state index < -0.39 is 23.8 Å². The van der Waals surface area contributed by atoms with Crippen molar-refractivity contribution in [3.63, 3.8) is 0 Å². The average molecular weight is 411 g/mol. The highest BCUT2D eigenvalue weighted by molar-refractivity contribution is 6.00. The molecule has 2 aromatic rings. The maximum atomic E-state index is 13.1. The first-order valence-corrected chi connectivity index (χ1v) is 9.68. The van der Waals surface area contributed by atoms with E-state index in [-0.39, 0.29) is 31.3 Å². The number of methoxy groups -OCH3 is 1. The first-order chi connectivity index (χ1) is 14.4. The summed E-state index contributed by atoms with van der Waals surface area (Å²) in [4.78, 5) is 39.0. The summed E-state index contributed by atoms with van der Waals surface area (Å²) >= 11 is 0. The summed E-state index contributed by atoms with van der Waals surface area (Å²) in [5.41, 5.74) is 1.50. The number of phenolic OH excluding ortho intramolecular Hbond substituents is 1. The molecule has 4 amide bonds. The Hall–Kier alpha value is -3.55. The fourth-order valence-corrected chi connectivity index (χ4v) is 3.43. The van der Waals surface area contributed by atoms with Crippen LogP contribution in [0.5, 0.6) is 11.5 Å². The lowest BCUT2D eigenvalue weighted by atomic mass is 9.97. The number of rotatable bonds is 5. The van der Waals surface area contributed by atoms with Gasteiger partial charge in [0.05, 0.1) is 19.1 Å². The van der Waals surface area contributed by atoms with Crippen LogP contribution in [0, 0.1) is 5.92 Å². The molecule has 3 N–H and O–H groups in total. The first-order valence-electron chi connectivity index (χ1n) is 9.68. The third kappa shape index (κ3) is 4.89. The van der Waals surface area contributed by atoms with E-state index in [0.717, 1.165) is 10.5 Å². The first kappa shape index (κ1) is 21.2. The number of carbonyl (C=O) groups excluding carboxylic acids is 3. The number of hydrogen-bond acceptors (Lipinski definition) is 5. The number of imide groups is 1. The molecule has 0 bridgehead atoms. The van der Waals surface area contributed by atoms with Gasteiger partial charge in [-0.3, -0.25) is 14.5 Å². The highest BCUT2D eigenvalue weighted by atomic mass is 16.5. The Bertz CT molecular complexity index is 932. The van der Waals surface area contributed by atoms with Crippen LogP contribution in [0.2, 0.25) is 0 Å². The highest BCUT2D eigenvalue weighted by Crippen LogP contribution is 2.27. The van der Waals surface area contributed by atoms with Crippen molar-refractivity contribution in [2.75, 3.05) is 20.2 Å². The molecule has 0 saturated carbocycles. The van der Waals surface area contributed by atoms with Crippen molar-refractivity contribution in [2.45, 2.75) is 19.4 Å². The second-order valence-corrected chi connectivity index (χ2v) is 7.21. The molecule has 3 rings (SSSR count). The van der Waals surface area contributed by atoms with Crippen molar-refractivity contribution in [3.8, 4) is 11.5 Å². The Morgan fingerprint density at radius 3 is 2.70 bits per heavy atom. The van der Waals surface area contributed by atoms with Crippen LogP contribution in [-0.4, -0.2) is 48.1 Å². The van der Waals surface area contributed by atoms with Crippen molar-refractivity contribution in [2.24, 2.45) is 5.92 Å². The number of ether oxygens (including phenoxy) is 1. The van der Waals surface area contributed by atoms with E-state index in [1.54, 1.807) is 6.07 Å². The second kappa shape index (κ2) is 9.30. The van der Waals surface area contributed by atoms with E-state index >= 15 is 0 Å². The van der Waals surface area contributed by atoms with Crippen LogP contribution in [0.1, 0.15) is 24.1 Å². The molecule has 8 nitrogen and oxygen atoms in total. The lowest BCUT2D eigenvalue weighted by Gasteiger charge is -2.24. The molecular weight excluding hydrogens is 386 g/mol. The van der Waals surface area contributed by atoms with E-state index in [9.17, 15) is 19.5 Å². The smallest absolute Gasteiger partial charge is 0.325 e. The number of benzene rings is 2. The van der Waals surface area contributed by atoms with Gasteiger partial charge in [-0.15, -0.1) is 0 Å². The summed E-state index contributed by atoms with van der Waals surface area (Å²) < 4.78 is 5.30. The minimum atomic E-state index is -0.676. The number of aromatic hydroxyl groups is 1. The Morgan fingerprint density at radius 1 is 1.27 bits per heavy atom. The molecule has 30 heavy (non-hydrogen) atoms. The van der Waals surface area contributed by atoms with Crippen molar-refractivity contribution >= 4 is 17.8 Å². The van der Waals surface area contributed by atoms with Gasteiger partial charge in [-0.2, -0.15) is 0 Å². The van der Waals surface area contributed by atoms with E-state index in [4.69, 9.17) is 4.74 Å². The van der Waals surface area contributed by atoms with Gasteiger partial charge in [0.2, 0.25) is 11.8 Å². The minimum absolute atomic E-state index is 0.0437. The fraction of sp³-hybridized carbons (Fsp3) is 0.318. The van der Waals surface area contributed by atoms with Crippen LogP contribution < -0.4 is 15.4 Å². The predicted molar refractivity (Wildman–Crippen MR) is 110 cm³/mol. The van der Waals surface area contributed by atoms with Gasteiger partial charge in [0.15, 0.2) is 0 Å². The molecule has 1 fully saturated rings. The van der Waals surface area contributed by atoms with Crippen LogP contribution >= 0.6 is 0 Å². The molecule has 1 aliphatic heterocycles. The van der Waals surface area contributed by atoms with E-state index in [0.29, 0.717) is 11.3 Å². The Labute approximate surface area is 174 Å². The molecule has 0 aromatic heterocycles. The van der Waals surface area contributed by atoms with Crippen LogP contribution in [-0.2, 0) is 16.0 Å². The van der Waals surface area contributed by atoms with Gasteiger partial charge < -0.3 is 20.5 Å². The van der Waals surface area contributed by atoms with Gasteiger partial charge in [0, 0.05) is 6.54 Å². The van der Waals surface area contributed by atoms with Gasteiger partial charge in [-0.05, 0) is 42.7 Å². The molecular formula is C22H25N3O5. The lowest BCUT2D eigenvalue weighted by Crippen LogP contribution is -2.48. The summed E-state index contributed by atoms with van der Waals surface area (Å²) in [6, 6.07) is 13.0. The van der Waals surface area contributed by atoms with Crippen LogP contribution in [0.3, 0.4) is 0 Å². The summed E-state index contributed by atoms with van der Waals surface area (Å²) in [5, 5.41) is 15.3. The Kier molecular flexibility index (Phi) is 6.56. The van der Waals surface area contributed by atoms with Crippen molar-refractivity contribution in [1.29, 1.82) is 0 Å². The molecule has 158 valence electrons. The SMILES string of the molecule is COc1ccc(O)cc1CC1CNC(=O)CN(C(=O)N[C@@H](C)c2ccccc2)C1=O. The Morgan fingerprint density at radius 2 is 2.00 bits per heavy atom. The normalized spacial score (nSPS) is 17.7. The minimum Gasteiger partial charge on any atom is -0.508 e. The largest absolute Gasteiger partial charge is 0.508 e.